The van der Waals surface area contributed by atoms with Gasteiger partial charge in [0.05, 0.1) is 6.04 Å². The highest BCUT2D eigenvalue weighted by molar-refractivity contribution is 7.99. The molecule has 4 rings (SSSR count). The maximum Gasteiger partial charge on any atom is 0.227 e. The highest BCUT2D eigenvalue weighted by Crippen LogP contribution is 2.34. The first-order valence-electron chi connectivity index (χ1n) is 8.70. The molecule has 1 atom stereocenters. The van der Waals surface area contributed by atoms with E-state index in [2.05, 4.69) is 51.2 Å². The summed E-state index contributed by atoms with van der Waals surface area (Å²) in [6.45, 7) is 7.13. The van der Waals surface area contributed by atoms with Crippen LogP contribution in [0.25, 0.3) is 10.2 Å². The molecule has 0 spiro atoms. The first-order chi connectivity index (χ1) is 12.6. The fourth-order valence-electron chi connectivity index (χ4n) is 3.09. The number of piperazine rings is 1. The van der Waals surface area contributed by atoms with Gasteiger partial charge in [-0.3, -0.25) is 4.90 Å². The van der Waals surface area contributed by atoms with E-state index in [1.165, 1.54) is 15.8 Å². The molecular weight excluding hydrogens is 368 g/mol. The minimum atomic E-state index is 0.187. The number of nitrogens with one attached hydrogen (secondary N) is 1. The largest absolute Gasteiger partial charge is 0.339 e. The molecule has 9 heteroatoms. The standard InChI is InChI=1S/C17H22N6OS2/c1-10-11(2)26-17-14(10)16(19-9-20-17)25-7-4-13-21-15(22-24-13)12-8-18-5-6-23(12)3/h9,12,18H,4-8H2,1-3H3. The SMILES string of the molecule is Cc1sc2ncnc(SCCc3nc(C4CNCCN4C)no3)c2c1C. The van der Waals surface area contributed by atoms with Gasteiger partial charge in [0.2, 0.25) is 5.89 Å². The quantitative estimate of drug-likeness (QED) is 0.526. The molecule has 1 saturated heterocycles. The topological polar surface area (TPSA) is 80.0 Å². The Balaban J connectivity index is 1.41. The Morgan fingerprint density at radius 1 is 1.38 bits per heavy atom. The van der Waals surface area contributed by atoms with Crippen LogP contribution >= 0.6 is 23.1 Å². The van der Waals surface area contributed by atoms with E-state index >= 15 is 0 Å². The lowest BCUT2D eigenvalue weighted by molar-refractivity contribution is 0.190. The molecule has 138 valence electrons. The van der Waals surface area contributed by atoms with Crippen LogP contribution in [0.1, 0.15) is 28.2 Å². The van der Waals surface area contributed by atoms with Crippen LogP contribution in [-0.4, -0.2) is 57.4 Å². The maximum atomic E-state index is 5.46. The third kappa shape index (κ3) is 3.48. The molecule has 3 aromatic rings. The van der Waals surface area contributed by atoms with Crippen LogP contribution in [-0.2, 0) is 6.42 Å². The van der Waals surface area contributed by atoms with Crippen molar-refractivity contribution < 1.29 is 4.52 Å². The van der Waals surface area contributed by atoms with Gasteiger partial charge in [0.15, 0.2) is 5.82 Å². The van der Waals surface area contributed by atoms with Crippen LogP contribution in [0.4, 0.5) is 0 Å². The fourth-order valence-corrected chi connectivity index (χ4v) is 5.14. The molecule has 1 N–H and O–H groups in total. The van der Waals surface area contributed by atoms with E-state index in [4.69, 9.17) is 4.52 Å². The van der Waals surface area contributed by atoms with Gasteiger partial charge in [0.25, 0.3) is 0 Å². The monoisotopic (exact) mass is 390 g/mol. The molecule has 1 aliphatic rings. The fraction of sp³-hybridized carbons (Fsp3) is 0.529. The van der Waals surface area contributed by atoms with Gasteiger partial charge < -0.3 is 9.84 Å². The second kappa shape index (κ2) is 7.59. The van der Waals surface area contributed by atoms with Gasteiger partial charge >= 0.3 is 0 Å². The molecule has 4 heterocycles. The van der Waals surface area contributed by atoms with E-state index in [1.54, 1.807) is 29.4 Å². The number of rotatable bonds is 5. The lowest BCUT2D eigenvalue weighted by Gasteiger charge is -2.30. The highest BCUT2D eigenvalue weighted by atomic mass is 32.2. The van der Waals surface area contributed by atoms with Crippen LogP contribution in [0.5, 0.6) is 0 Å². The van der Waals surface area contributed by atoms with Crippen LogP contribution in [0, 0.1) is 13.8 Å². The Morgan fingerprint density at radius 3 is 3.12 bits per heavy atom. The van der Waals surface area contributed by atoms with Crippen molar-refractivity contribution >= 4 is 33.3 Å². The first-order valence-corrected chi connectivity index (χ1v) is 10.5. The lowest BCUT2D eigenvalue weighted by Crippen LogP contribution is -2.44. The van der Waals surface area contributed by atoms with Gasteiger partial charge in [-0.2, -0.15) is 4.98 Å². The number of aromatic nitrogens is 4. The van der Waals surface area contributed by atoms with Crippen molar-refractivity contribution in [2.24, 2.45) is 0 Å². The Hall–Kier alpha value is -1.55. The molecule has 0 saturated carbocycles. The van der Waals surface area contributed by atoms with Crippen LogP contribution in [0.2, 0.25) is 0 Å². The van der Waals surface area contributed by atoms with Crippen molar-refractivity contribution in [1.82, 2.24) is 30.3 Å². The highest BCUT2D eigenvalue weighted by Gasteiger charge is 2.25. The van der Waals surface area contributed by atoms with E-state index in [-0.39, 0.29) is 6.04 Å². The maximum absolute atomic E-state index is 5.46. The summed E-state index contributed by atoms with van der Waals surface area (Å²) >= 11 is 3.45. The summed E-state index contributed by atoms with van der Waals surface area (Å²) in [6.07, 6.45) is 2.38. The summed E-state index contributed by atoms with van der Waals surface area (Å²) in [4.78, 5) is 18.1. The number of thioether (sulfide) groups is 1. The first kappa shape index (κ1) is 17.8. The van der Waals surface area contributed by atoms with Crippen molar-refractivity contribution in [3.8, 4) is 0 Å². The van der Waals surface area contributed by atoms with Crippen molar-refractivity contribution in [3.63, 3.8) is 0 Å². The minimum absolute atomic E-state index is 0.187. The van der Waals surface area contributed by atoms with Crippen molar-refractivity contribution in [2.45, 2.75) is 31.3 Å². The molecule has 1 fully saturated rings. The number of hydrogen-bond acceptors (Lipinski definition) is 9. The van der Waals surface area contributed by atoms with Crippen molar-refractivity contribution in [2.75, 3.05) is 32.4 Å². The molecule has 0 aromatic carbocycles. The number of likely N-dealkylation sites (N-methyl/N-ethyl adjacent to an activating group) is 1. The summed E-state index contributed by atoms with van der Waals surface area (Å²) in [5.74, 6) is 2.31. The zero-order valence-electron chi connectivity index (χ0n) is 15.2. The summed E-state index contributed by atoms with van der Waals surface area (Å²) < 4.78 is 5.46. The van der Waals surface area contributed by atoms with Crippen LogP contribution in [0.3, 0.4) is 0 Å². The Bertz CT molecular complexity index is 908. The molecule has 0 amide bonds. The zero-order chi connectivity index (χ0) is 18.1. The molecule has 26 heavy (non-hydrogen) atoms. The normalized spacial score (nSPS) is 18.7. The average Bonchev–Trinajstić information content (AvgIpc) is 3.21. The van der Waals surface area contributed by atoms with Crippen molar-refractivity contribution in [3.05, 3.63) is 28.5 Å². The number of aryl methyl sites for hydroxylation is 3. The van der Waals surface area contributed by atoms with E-state index in [9.17, 15) is 0 Å². The summed E-state index contributed by atoms with van der Waals surface area (Å²) in [7, 11) is 2.10. The number of fused-ring (bicyclic) bond motifs is 1. The second-order valence-electron chi connectivity index (χ2n) is 6.49. The smallest absolute Gasteiger partial charge is 0.227 e. The van der Waals surface area contributed by atoms with E-state index in [1.807, 2.05) is 0 Å². The third-order valence-corrected chi connectivity index (χ3v) is 6.88. The molecule has 0 aliphatic carbocycles. The molecular formula is C17H22N6OS2. The van der Waals surface area contributed by atoms with E-state index in [0.717, 1.165) is 47.5 Å². The van der Waals surface area contributed by atoms with Crippen molar-refractivity contribution in [1.29, 1.82) is 0 Å². The Kier molecular flexibility index (Phi) is 5.21. The van der Waals surface area contributed by atoms with Gasteiger partial charge in [-0.1, -0.05) is 5.16 Å². The van der Waals surface area contributed by atoms with Gasteiger partial charge in [0.1, 0.15) is 16.2 Å². The van der Waals surface area contributed by atoms with Crippen LogP contribution < -0.4 is 5.32 Å². The summed E-state index contributed by atoms with van der Waals surface area (Å²) in [5.41, 5.74) is 1.28. The molecule has 0 radical (unpaired) electrons. The van der Waals surface area contributed by atoms with E-state index in [0.29, 0.717) is 5.89 Å². The second-order valence-corrected chi connectivity index (χ2v) is 8.77. The lowest BCUT2D eigenvalue weighted by atomic mass is 10.2. The van der Waals surface area contributed by atoms with Gasteiger partial charge in [-0.25, -0.2) is 9.97 Å². The molecule has 7 nitrogen and oxygen atoms in total. The average molecular weight is 391 g/mol. The Labute approximate surface area is 160 Å². The predicted octanol–water partition coefficient (Wildman–Crippen LogP) is 2.60. The number of hydrogen-bond donors (Lipinski definition) is 1. The number of thiophene rings is 1. The molecule has 1 aliphatic heterocycles. The molecule has 1 unspecified atom stereocenters. The minimum Gasteiger partial charge on any atom is -0.339 e. The summed E-state index contributed by atoms with van der Waals surface area (Å²) in [5, 5.41) is 9.78. The number of nitrogens with zero attached hydrogens (tertiary/aromatic N) is 5. The third-order valence-electron chi connectivity index (χ3n) is 4.78. The molecule has 0 bridgehead atoms. The summed E-state index contributed by atoms with van der Waals surface area (Å²) in [6, 6.07) is 0.187. The predicted molar refractivity (Wildman–Crippen MR) is 104 cm³/mol. The zero-order valence-corrected chi connectivity index (χ0v) is 16.8. The van der Waals surface area contributed by atoms with Gasteiger partial charge in [0, 0.05) is 42.1 Å². The van der Waals surface area contributed by atoms with Crippen LogP contribution in [0.15, 0.2) is 15.9 Å². The van der Waals surface area contributed by atoms with Gasteiger partial charge in [-0.15, -0.1) is 23.1 Å². The Morgan fingerprint density at radius 2 is 2.27 bits per heavy atom. The van der Waals surface area contributed by atoms with Gasteiger partial charge in [-0.05, 0) is 26.5 Å². The van der Waals surface area contributed by atoms with E-state index < -0.39 is 0 Å². The molecule has 3 aromatic heterocycles.